The van der Waals surface area contributed by atoms with Gasteiger partial charge < -0.3 is 24.8 Å². The lowest BCUT2D eigenvalue weighted by Crippen LogP contribution is -2.74. The van der Waals surface area contributed by atoms with Gasteiger partial charge in [-0.2, -0.15) is 5.26 Å². The summed E-state index contributed by atoms with van der Waals surface area (Å²) in [7, 11) is 1.53. The molecule has 2 aromatic carbocycles. The van der Waals surface area contributed by atoms with Gasteiger partial charge in [0.25, 0.3) is 5.91 Å². The summed E-state index contributed by atoms with van der Waals surface area (Å²) in [4.78, 5) is 15.2. The Labute approximate surface area is 201 Å². The fourth-order valence-corrected chi connectivity index (χ4v) is 5.79. The number of β-amino-alcohol motifs (C(OH)–C–C–N with tert-alkyl or cyclic N) is 1. The van der Waals surface area contributed by atoms with E-state index in [-0.39, 0.29) is 35.0 Å². The lowest BCUT2D eigenvalue weighted by Gasteiger charge is -2.63. The van der Waals surface area contributed by atoms with Crippen LogP contribution in [0.2, 0.25) is 0 Å². The molecular formula is C27H33N3O4. The van der Waals surface area contributed by atoms with Crippen molar-refractivity contribution in [1.82, 2.24) is 5.32 Å². The molecule has 0 spiro atoms. The van der Waals surface area contributed by atoms with Gasteiger partial charge in [-0.05, 0) is 42.8 Å². The van der Waals surface area contributed by atoms with Crippen molar-refractivity contribution in [2.75, 3.05) is 25.1 Å². The maximum absolute atomic E-state index is 13.1. The number of ether oxygens (including phenoxy) is 2. The van der Waals surface area contributed by atoms with E-state index in [1.807, 2.05) is 24.3 Å². The van der Waals surface area contributed by atoms with E-state index in [1.54, 1.807) is 18.2 Å². The average molecular weight is 464 g/mol. The van der Waals surface area contributed by atoms with Crippen LogP contribution in [0.15, 0.2) is 42.5 Å². The van der Waals surface area contributed by atoms with Crippen molar-refractivity contribution in [1.29, 1.82) is 5.26 Å². The fraction of sp³-hybridized carbons (Fsp3) is 0.481. The molecule has 1 saturated carbocycles. The van der Waals surface area contributed by atoms with E-state index in [2.05, 4.69) is 44.0 Å². The molecule has 0 bridgehead atoms. The number of amides is 1. The number of hydrogen-bond donors (Lipinski definition) is 2. The molecule has 2 fully saturated rings. The van der Waals surface area contributed by atoms with Crippen LogP contribution >= 0.6 is 0 Å². The average Bonchev–Trinajstić information content (AvgIpc) is 3.26. The first-order valence-corrected chi connectivity index (χ1v) is 11.7. The van der Waals surface area contributed by atoms with Crippen molar-refractivity contribution >= 4 is 11.6 Å². The van der Waals surface area contributed by atoms with Crippen molar-refractivity contribution in [2.45, 2.75) is 52.4 Å². The summed E-state index contributed by atoms with van der Waals surface area (Å²) in [6.07, 6.45) is 0.338. The van der Waals surface area contributed by atoms with E-state index in [9.17, 15) is 15.2 Å². The maximum atomic E-state index is 13.1. The van der Waals surface area contributed by atoms with Gasteiger partial charge in [-0.25, -0.2) is 0 Å². The molecule has 2 aromatic rings. The van der Waals surface area contributed by atoms with Gasteiger partial charge in [0.15, 0.2) is 0 Å². The summed E-state index contributed by atoms with van der Waals surface area (Å²) in [6, 6.07) is 14.8. The van der Waals surface area contributed by atoms with Crippen molar-refractivity contribution < 1.29 is 19.4 Å². The minimum atomic E-state index is -0.314. The Morgan fingerprint density at radius 1 is 1.15 bits per heavy atom. The second-order valence-corrected chi connectivity index (χ2v) is 10.5. The third-order valence-electron chi connectivity index (χ3n) is 7.32. The Morgan fingerprint density at radius 2 is 1.82 bits per heavy atom. The van der Waals surface area contributed by atoms with Crippen LogP contribution in [-0.2, 0) is 0 Å². The Balaban J connectivity index is 1.44. The molecule has 0 aromatic heterocycles. The smallest absolute Gasteiger partial charge is 0.251 e. The molecule has 1 atom stereocenters. The lowest BCUT2D eigenvalue weighted by molar-refractivity contribution is -0.164. The van der Waals surface area contributed by atoms with Gasteiger partial charge in [0.1, 0.15) is 23.7 Å². The van der Waals surface area contributed by atoms with Gasteiger partial charge in [-0.3, -0.25) is 4.79 Å². The number of benzene rings is 2. The Morgan fingerprint density at radius 3 is 2.38 bits per heavy atom. The highest BCUT2D eigenvalue weighted by Crippen LogP contribution is 2.55. The molecule has 1 aliphatic heterocycles. The molecule has 0 unspecified atom stereocenters. The van der Waals surface area contributed by atoms with Crippen LogP contribution < -0.4 is 19.7 Å². The van der Waals surface area contributed by atoms with Crippen LogP contribution in [0.25, 0.3) is 0 Å². The van der Waals surface area contributed by atoms with E-state index < -0.39 is 0 Å². The summed E-state index contributed by atoms with van der Waals surface area (Å²) < 4.78 is 11.7. The summed E-state index contributed by atoms with van der Waals surface area (Å²) >= 11 is 0. The molecule has 34 heavy (non-hydrogen) atoms. The predicted octanol–water partition coefficient (Wildman–Crippen LogP) is 3.75. The quantitative estimate of drug-likeness (QED) is 0.678. The monoisotopic (exact) mass is 463 g/mol. The van der Waals surface area contributed by atoms with Crippen LogP contribution in [0.1, 0.15) is 50.0 Å². The predicted molar refractivity (Wildman–Crippen MR) is 130 cm³/mol. The molecule has 1 saturated heterocycles. The van der Waals surface area contributed by atoms with Gasteiger partial charge in [0.05, 0.1) is 18.8 Å². The van der Waals surface area contributed by atoms with Crippen molar-refractivity contribution in [3.05, 3.63) is 53.6 Å². The van der Waals surface area contributed by atoms with Crippen LogP contribution in [-0.4, -0.2) is 49.5 Å². The van der Waals surface area contributed by atoms with Gasteiger partial charge in [-0.15, -0.1) is 0 Å². The normalized spacial score (nSPS) is 24.6. The Bertz CT molecular complexity index is 1090. The number of rotatable bonds is 6. The molecule has 0 radical (unpaired) electrons. The summed E-state index contributed by atoms with van der Waals surface area (Å²) in [5.41, 5.74) is 1.46. The molecule has 1 amide bonds. The molecule has 4 rings (SSSR count). The molecule has 7 nitrogen and oxygen atoms in total. The number of methoxy groups -OCH3 is 1. The van der Waals surface area contributed by atoms with E-state index in [0.29, 0.717) is 29.2 Å². The number of nitriles is 1. The molecule has 7 heteroatoms. The Kier molecular flexibility index (Phi) is 6.22. The highest BCUT2D eigenvalue weighted by atomic mass is 16.5. The number of anilines is 1. The number of nitrogens with one attached hydrogen (secondary N) is 1. The van der Waals surface area contributed by atoms with Crippen LogP contribution in [0.4, 0.5) is 5.69 Å². The number of aliphatic hydroxyl groups excluding tert-OH is 1. The number of carbonyl (C=O) groups excluding carboxylic acids is 1. The second-order valence-electron chi connectivity index (χ2n) is 10.5. The number of nitrogens with zero attached hydrogens (tertiary/aromatic N) is 2. The minimum absolute atomic E-state index is 0.0915. The highest BCUT2D eigenvalue weighted by Gasteiger charge is 2.64. The SMILES string of the molecule is COc1cc(OC2C(C)(C)C(NC(=O)c3ccc(N4CC[C@H](O)C4)cc3)C2(C)C)ccc1C#N. The third kappa shape index (κ3) is 4.19. The second kappa shape index (κ2) is 8.84. The van der Waals surface area contributed by atoms with Crippen molar-refractivity contribution in [2.24, 2.45) is 10.8 Å². The molecular weight excluding hydrogens is 430 g/mol. The van der Waals surface area contributed by atoms with E-state index in [1.165, 1.54) is 7.11 Å². The summed E-state index contributed by atoms with van der Waals surface area (Å²) in [6.45, 7) is 9.83. The van der Waals surface area contributed by atoms with Crippen molar-refractivity contribution in [3.8, 4) is 17.6 Å². The standard InChI is InChI=1S/C27H33N3O4/c1-26(2)24(27(3,4)25(26)34-21-11-8-18(15-28)22(14-21)33-5)29-23(32)17-6-9-19(10-7-17)30-13-12-20(31)16-30/h6-11,14,20,24-25,31H,12-13,16H2,1-5H3,(H,29,32)/t20-,24?,25?/m0/s1. The minimum Gasteiger partial charge on any atom is -0.495 e. The van der Waals surface area contributed by atoms with Crippen molar-refractivity contribution in [3.63, 3.8) is 0 Å². The van der Waals surface area contributed by atoms with E-state index in [4.69, 9.17) is 9.47 Å². The van der Waals surface area contributed by atoms with Gasteiger partial charge in [0, 0.05) is 47.3 Å². The topological polar surface area (TPSA) is 94.8 Å². The maximum Gasteiger partial charge on any atom is 0.251 e. The zero-order valence-corrected chi connectivity index (χ0v) is 20.5. The van der Waals surface area contributed by atoms with E-state index >= 15 is 0 Å². The Hall–Kier alpha value is -3.24. The molecule has 180 valence electrons. The lowest BCUT2D eigenvalue weighted by atomic mass is 9.49. The summed E-state index contributed by atoms with van der Waals surface area (Å²) in [5.74, 6) is 0.999. The van der Waals surface area contributed by atoms with Crippen LogP contribution in [0.5, 0.6) is 11.5 Å². The molecule has 2 aliphatic rings. The number of carbonyl (C=O) groups is 1. The number of aliphatic hydroxyl groups is 1. The summed E-state index contributed by atoms with van der Waals surface area (Å²) in [5, 5.41) is 22.2. The first kappa shape index (κ1) is 23.9. The highest BCUT2D eigenvalue weighted by molar-refractivity contribution is 5.95. The van der Waals surface area contributed by atoms with E-state index in [0.717, 1.165) is 18.7 Å². The van der Waals surface area contributed by atoms with Crippen LogP contribution in [0, 0.1) is 22.2 Å². The zero-order chi connectivity index (χ0) is 24.7. The van der Waals surface area contributed by atoms with Crippen LogP contribution in [0.3, 0.4) is 0 Å². The largest absolute Gasteiger partial charge is 0.495 e. The third-order valence-corrected chi connectivity index (χ3v) is 7.32. The molecule has 1 aliphatic carbocycles. The fourth-order valence-electron chi connectivity index (χ4n) is 5.79. The first-order valence-electron chi connectivity index (χ1n) is 11.7. The van der Waals surface area contributed by atoms with Gasteiger partial charge >= 0.3 is 0 Å². The van der Waals surface area contributed by atoms with Gasteiger partial charge in [-0.1, -0.05) is 27.7 Å². The molecule has 1 heterocycles. The first-order chi connectivity index (χ1) is 16.1. The number of hydrogen-bond acceptors (Lipinski definition) is 6. The molecule has 2 N–H and O–H groups in total. The van der Waals surface area contributed by atoms with Gasteiger partial charge in [0.2, 0.25) is 0 Å². The zero-order valence-electron chi connectivity index (χ0n) is 20.5.